The first kappa shape index (κ1) is 12.4. The molecule has 0 unspecified atom stereocenters. The van der Waals surface area contributed by atoms with E-state index < -0.39 is 5.97 Å². The topological polar surface area (TPSA) is 83.6 Å². The molecule has 0 saturated carbocycles. The Balaban J connectivity index is 2.60. The van der Waals surface area contributed by atoms with Gasteiger partial charge in [0.1, 0.15) is 5.75 Å². The molecular formula is C12H10ClNO4. The van der Waals surface area contributed by atoms with Gasteiger partial charge in [-0.25, -0.2) is 4.79 Å². The number of benzene rings is 1. The van der Waals surface area contributed by atoms with Crippen LogP contribution in [0, 0.1) is 13.8 Å². The average molecular weight is 268 g/mol. The van der Waals surface area contributed by atoms with Crippen LogP contribution in [0.1, 0.15) is 21.6 Å². The Morgan fingerprint density at radius 2 is 2.06 bits per heavy atom. The highest BCUT2D eigenvalue weighted by molar-refractivity contribution is 6.33. The monoisotopic (exact) mass is 267 g/mol. The summed E-state index contributed by atoms with van der Waals surface area (Å²) in [6.07, 6.45) is 0. The van der Waals surface area contributed by atoms with E-state index >= 15 is 0 Å². The third-order valence-electron chi connectivity index (χ3n) is 2.74. The van der Waals surface area contributed by atoms with Crippen LogP contribution in [0.5, 0.6) is 5.75 Å². The molecule has 0 radical (unpaired) electrons. The van der Waals surface area contributed by atoms with Gasteiger partial charge >= 0.3 is 5.97 Å². The Morgan fingerprint density at radius 1 is 1.39 bits per heavy atom. The van der Waals surface area contributed by atoms with Crippen LogP contribution in [0.3, 0.4) is 0 Å². The predicted octanol–water partition coefficient (Wildman–Crippen LogP) is 3.02. The van der Waals surface area contributed by atoms with Crippen LogP contribution in [-0.4, -0.2) is 21.3 Å². The number of aryl methyl sites for hydroxylation is 1. The van der Waals surface area contributed by atoms with E-state index in [0.717, 1.165) is 11.1 Å². The first-order chi connectivity index (χ1) is 8.41. The highest BCUT2D eigenvalue weighted by Gasteiger charge is 2.18. The molecule has 0 spiro atoms. The van der Waals surface area contributed by atoms with Crippen molar-refractivity contribution in [2.45, 2.75) is 13.8 Å². The Morgan fingerprint density at radius 3 is 2.61 bits per heavy atom. The summed E-state index contributed by atoms with van der Waals surface area (Å²) >= 11 is 5.98. The minimum atomic E-state index is -1.19. The third kappa shape index (κ3) is 1.93. The highest BCUT2D eigenvalue weighted by Crippen LogP contribution is 2.39. The Kier molecular flexibility index (Phi) is 3.00. The molecule has 0 bridgehead atoms. The summed E-state index contributed by atoms with van der Waals surface area (Å²) in [5, 5.41) is 22.3. The van der Waals surface area contributed by atoms with Crippen molar-refractivity contribution >= 4 is 17.6 Å². The maximum atomic E-state index is 10.7. The number of phenols is 1. The van der Waals surface area contributed by atoms with Crippen LogP contribution in [0.4, 0.5) is 0 Å². The predicted molar refractivity (Wildman–Crippen MR) is 65.0 cm³/mol. The minimum Gasteiger partial charge on any atom is -0.506 e. The van der Waals surface area contributed by atoms with Gasteiger partial charge in [-0.1, -0.05) is 16.8 Å². The Bertz CT molecular complexity index is 633. The molecule has 0 atom stereocenters. The minimum absolute atomic E-state index is 0.146. The quantitative estimate of drug-likeness (QED) is 0.874. The second kappa shape index (κ2) is 4.34. The second-order valence-corrected chi connectivity index (χ2v) is 4.29. The van der Waals surface area contributed by atoms with E-state index in [2.05, 4.69) is 5.16 Å². The molecule has 94 valence electrons. The van der Waals surface area contributed by atoms with Gasteiger partial charge in [-0.3, -0.25) is 0 Å². The normalized spacial score (nSPS) is 10.6. The lowest BCUT2D eigenvalue weighted by Gasteiger charge is -2.08. The second-order valence-electron chi connectivity index (χ2n) is 3.91. The molecule has 0 fully saturated rings. The van der Waals surface area contributed by atoms with Crippen molar-refractivity contribution in [2.24, 2.45) is 0 Å². The summed E-state index contributed by atoms with van der Waals surface area (Å²) in [5.41, 5.74) is 1.72. The smallest absolute Gasteiger partial charge is 0.358 e. The number of hydrogen-bond donors (Lipinski definition) is 2. The van der Waals surface area contributed by atoms with Crippen molar-refractivity contribution in [2.75, 3.05) is 0 Å². The maximum absolute atomic E-state index is 10.7. The lowest BCUT2D eigenvalue weighted by molar-refractivity contribution is 0.0686. The average Bonchev–Trinajstić information content (AvgIpc) is 2.80. The summed E-state index contributed by atoms with van der Waals surface area (Å²) in [6, 6.07) is 2.91. The van der Waals surface area contributed by atoms with E-state index in [1.165, 1.54) is 6.07 Å². The Labute approximate surface area is 108 Å². The zero-order valence-corrected chi connectivity index (χ0v) is 10.4. The maximum Gasteiger partial charge on any atom is 0.358 e. The van der Waals surface area contributed by atoms with Crippen molar-refractivity contribution in [3.05, 3.63) is 34.0 Å². The first-order valence-electron chi connectivity index (χ1n) is 5.11. The summed E-state index contributed by atoms with van der Waals surface area (Å²) in [6.45, 7) is 3.61. The lowest BCUT2D eigenvalue weighted by atomic mass is 10.0. The van der Waals surface area contributed by atoms with Gasteiger partial charge in [-0.15, -0.1) is 0 Å². The summed E-state index contributed by atoms with van der Waals surface area (Å²) in [4.78, 5) is 10.7. The van der Waals surface area contributed by atoms with Crippen molar-refractivity contribution in [3.63, 3.8) is 0 Å². The fourth-order valence-electron chi connectivity index (χ4n) is 1.55. The van der Waals surface area contributed by atoms with Gasteiger partial charge in [0, 0.05) is 6.07 Å². The molecule has 0 amide bonds. The van der Waals surface area contributed by atoms with Crippen LogP contribution in [-0.2, 0) is 0 Å². The first-order valence-corrected chi connectivity index (χ1v) is 5.48. The third-order valence-corrected chi connectivity index (χ3v) is 3.20. The SMILES string of the molecule is Cc1cc(-c2cc(C(=O)O)no2)c(O)c(Cl)c1C. The number of hydrogen-bond acceptors (Lipinski definition) is 4. The van der Waals surface area contributed by atoms with Crippen molar-refractivity contribution in [3.8, 4) is 17.1 Å². The fraction of sp³-hybridized carbons (Fsp3) is 0.167. The van der Waals surface area contributed by atoms with Gasteiger partial charge in [0.15, 0.2) is 11.5 Å². The van der Waals surface area contributed by atoms with Crippen molar-refractivity contribution < 1.29 is 19.5 Å². The van der Waals surface area contributed by atoms with E-state index in [0.29, 0.717) is 5.56 Å². The summed E-state index contributed by atoms with van der Waals surface area (Å²) in [5.74, 6) is -1.18. The molecule has 0 aliphatic heterocycles. The lowest BCUT2D eigenvalue weighted by Crippen LogP contribution is -1.94. The number of aromatic nitrogens is 1. The number of carbonyl (C=O) groups is 1. The Hall–Kier alpha value is -2.01. The number of phenolic OH excluding ortho intramolecular Hbond substituents is 1. The van der Waals surface area contributed by atoms with Crippen LogP contribution in [0.15, 0.2) is 16.7 Å². The number of aromatic hydroxyl groups is 1. The van der Waals surface area contributed by atoms with E-state index in [1.807, 2.05) is 6.92 Å². The number of nitrogens with zero attached hydrogens (tertiary/aromatic N) is 1. The number of rotatable bonds is 2. The van der Waals surface area contributed by atoms with Crippen LogP contribution in [0.25, 0.3) is 11.3 Å². The molecule has 1 aromatic heterocycles. The molecule has 6 heteroatoms. The van der Waals surface area contributed by atoms with Crippen molar-refractivity contribution in [1.29, 1.82) is 0 Å². The number of carboxylic acid groups (broad SMARTS) is 1. The van der Waals surface area contributed by atoms with E-state index in [1.54, 1.807) is 13.0 Å². The largest absolute Gasteiger partial charge is 0.506 e. The van der Waals surface area contributed by atoms with Gasteiger partial charge in [-0.2, -0.15) is 0 Å². The molecule has 0 aliphatic carbocycles. The summed E-state index contributed by atoms with van der Waals surface area (Å²) < 4.78 is 4.89. The van der Waals surface area contributed by atoms with Gasteiger partial charge in [0.2, 0.25) is 0 Å². The fourth-order valence-corrected chi connectivity index (χ4v) is 1.80. The number of halogens is 1. The van der Waals surface area contributed by atoms with Crippen LogP contribution < -0.4 is 0 Å². The highest BCUT2D eigenvalue weighted by atomic mass is 35.5. The van der Waals surface area contributed by atoms with Gasteiger partial charge < -0.3 is 14.7 Å². The molecule has 1 aromatic carbocycles. The molecule has 0 aliphatic rings. The van der Waals surface area contributed by atoms with Gasteiger partial charge in [-0.05, 0) is 31.0 Å². The van der Waals surface area contributed by atoms with Crippen LogP contribution >= 0.6 is 11.6 Å². The molecule has 1 heterocycles. The van der Waals surface area contributed by atoms with E-state index in [4.69, 9.17) is 21.2 Å². The molecule has 18 heavy (non-hydrogen) atoms. The standard InChI is InChI=1S/C12H10ClNO4/c1-5-3-7(11(15)10(13)6(5)2)9-4-8(12(16)17)14-18-9/h3-4,15H,1-2H3,(H,16,17). The molecule has 2 rings (SSSR count). The zero-order valence-electron chi connectivity index (χ0n) is 9.69. The van der Waals surface area contributed by atoms with Gasteiger partial charge in [0.25, 0.3) is 0 Å². The van der Waals surface area contributed by atoms with Crippen LogP contribution in [0.2, 0.25) is 5.02 Å². The number of carboxylic acids is 1. The molecule has 0 saturated heterocycles. The van der Waals surface area contributed by atoms with Gasteiger partial charge in [0.05, 0.1) is 10.6 Å². The molecule has 2 aromatic rings. The molecule has 2 N–H and O–H groups in total. The zero-order chi connectivity index (χ0) is 13.4. The van der Waals surface area contributed by atoms with E-state index in [-0.39, 0.29) is 22.2 Å². The van der Waals surface area contributed by atoms with Crippen molar-refractivity contribution in [1.82, 2.24) is 5.16 Å². The number of aromatic carboxylic acids is 1. The summed E-state index contributed by atoms with van der Waals surface area (Å²) in [7, 11) is 0. The molecular weight excluding hydrogens is 258 g/mol. The molecule has 5 nitrogen and oxygen atoms in total. The van der Waals surface area contributed by atoms with E-state index in [9.17, 15) is 9.90 Å².